The van der Waals surface area contributed by atoms with E-state index in [1.807, 2.05) is 44.4 Å². The Kier molecular flexibility index (Phi) is 6.18. The summed E-state index contributed by atoms with van der Waals surface area (Å²) in [6.45, 7) is 3.06. The zero-order valence-corrected chi connectivity index (χ0v) is 22.6. The number of ketones is 1. The standard InChI is InChI=1S/C31H33N3O5/c1-4-39-29(37)26-20(13-15-33(2)3)22-17-18(10-11-23(22)32-26)12-16-34-28(36)25-27(35)21-9-5-7-19-8-6-14-31(25,24(19)21)30(34)38/h5,7,9-11,17,25,32H,4,6,8,12-16H2,1-3H3. The van der Waals surface area contributed by atoms with Crippen molar-refractivity contribution in [2.75, 3.05) is 33.8 Å². The topological polar surface area (TPSA) is 99.8 Å². The van der Waals surface area contributed by atoms with Gasteiger partial charge in [0.2, 0.25) is 11.8 Å². The normalized spacial score (nSPS) is 21.7. The number of rotatable bonds is 8. The fourth-order valence-electron chi connectivity index (χ4n) is 6.92. The third-order valence-corrected chi connectivity index (χ3v) is 8.66. The maximum absolute atomic E-state index is 13.9. The van der Waals surface area contributed by atoms with Gasteiger partial charge >= 0.3 is 5.97 Å². The van der Waals surface area contributed by atoms with Gasteiger partial charge in [-0.15, -0.1) is 0 Å². The van der Waals surface area contributed by atoms with Crippen molar-refractivity contribution in [1.29, 1.82) is 0 Å². The van der Waals surface area contributed by atoms with Crippen LogP contribution in [0.2, 0.25) is 0 Å². The lowest BCUT2D eigenvalue weighted by Crippen LogP contribution is -2.42. The third-order valence-electron chi connectivity index (χ3n) is 8.66. The average Bonchev–Trinajstić information content (AvgIpc) is 3.48. The van der Waals surface area contributed by atoms with Crippen LogP contribution < -0.4 is 0 Å². The van der Waals surface area contributed by atoms with Crippen LogP contribution in [0.1, 0.15) is 62.9 Å². The van der Waals surface area contributed by atoms with Crippen LogP contribution in [0.3, 0.4) is 0 Å². The van der Waals surface area contributed by atoms with Gasteiger partial charge in [-0.05, 0) is 87.5 Å². The number of carbonyl (C=O) groups excluding carboxylic acids is 4. The molecule has 8 heteroatoms. The first kappa shape index (κ1) is 25.5. The van der Waals surface area contributed by atoms with Gasteiger partial charge < -0.3 is 14.6 Å². The molecule has 0 radical (unpaired) electrons. The first-order valence-corrected chi connectivity index (χ1v) is 13.8. The maximum atomic E-state index is 13.9. The van der Waals surface area contributed by atoms with E-state index in [-0.39, 0.29) is 30.1 Å². The molecule has 39 heavy (non-hydrogen) atoms. The number of aryl methyl sites for hydroxylation is 1. The van der Waals surface area contributed by atoms with Crippen LogP contribution in [0, 0.1) is 5.92 Å². The summed E-state index contributed by atoms with van der Waals surface area (Å²) in [5, 5.41) is 0.938. The molecule has 1 fully saturated rings. The maximum Gasteiger partial charge on any atom is 0.355 e. The van der Waals surface area contributed by atoms with Crippen molar-refractivity contribution in [3.05, 3.63) is 69.9 Å². The number of esters is 1. The van der Waals surface area contributed by atoms with E-state index >= 15 is 0 Å². The van der Waals surface area contributed by atoms with Gasteiger partial charge in [-0.2, -0.15) is 0 Å². The average molecular weight is 528 g/mol. The Morgan fingerprint density at radius 2 is 1.97 bits per heavy atom. The Bertz CT molecular complexity index is 1540. The van der Waals surface area contributed by atoms with Crippen molar-refractivity contribution in [3.63, 3.8) is 0 Å². The Hall–Kier alpha value is -3.78. The molecular weight excluding hydrogens is 494 g/mol. The number of fused-ring (bicyclic) bond motifs is 1. The fraction of sp³-hybridized carbons (Fsp3) is 0.419. The number of Topliss-reactive ketones (excluding diaryl/α,β-unsaturated/α-hetero) is 1. The van der Waals surface area contributed by atoms with Gasteiger partial charge in [0.15, 0.2) is 5.78 Å². The van der Waals surface area contributed by atoms with E-state index in [0.29, 0.717) is 37.1 Å². The zero-order valence-electron chi connectivity index (χ0n) is 22.6. The molecule has 3 aromatic rings. The second-order valence-corrected chi connectivity index (χ2v) is 11.1. The Labute approximate surface area is 227 Å². The monoisotopic (exact) mass is 527 g/mol. The molecule has 0 saturated carbocycles. The molecule has 2 aliphatic carbocycles. The summed E-state index contributed by atoms with van der Waals surface area (Å²) in [5.41, 5.74) is 4.51. The van der Waals surface area contributed by atoms with E-state index < -0.39 is 11.3 Å². The molecule has 1 N–H and O–H groups in total. The van der Waals surface area contributed by atoms with Crippen molar-refractivity contribution in [2.24, 2.45) is 5.92 Å². The Balaban J connectivity index is 1.29. The zero-order chi connectivity index (χ0) is 27.5. The van der Waals surface area contributed by atoms with Crippen LogP contribution in [0.15, 0.2) is 36.4 Å². The Morgan fingerprint density at radius 1 is 1.15 bits per heavy atom. The molecule has 8 nitrogen and oxygen atoms in total. The molecule has 2 atom stereocenters. The van der Waals surface area contributed by atoms with Crippen molar-refractivity contribution in [2.45, 2.75) is 44.4 Å². The number of imide groups is 1. The molecule has 1 spiro atoms. The third kappa shape index (κ3) is 3.76. The highest BCUT2D eigenvalue weighted by Crippen LogP contribution is 2.55. The summed E-state index contributed by atoms with van der Waals surface area (Å²) in [5.74, 6) is -2.11. The lowest BCUT2D eigenvalue weighted by atomic mass is 9.67. The van der Waals surface area contributed by atoms with Crippen molar-refractivity contribution >= 4 is 34.5 Å². The van der Waals surface area contributed by atoms with Crippen LogP contribution in [-0.2, 0) is 39.0 Å². The SMILES string of the molecule is CCOC(=O)c1[nH]c2ccc(CCN3C(=O)C4C(=O)c5cccc6c5C4(CCC6)C3=O)cc2c1CCN(C)C. The largest absolute Gasteiger partial charge is 0.461 e. The minimum Gasteiger partial charge on any atom is -0.461 e. The number of aromatic amines is 1. The first-order chi connectivity index (χ1) is 18.8. The minimum absolute atomic E-state index is 0.208. The van der Waals surface area contributed by atoms with E-state index in [9.17, 15) is 19.2 Å². The predicted octanol–water partition coefficient (Wildman–Crippen LogP) is 3.45. The van der Waals surface area contributed by atoms with E-state index in [0.717, 1.165) is 52.5 Å². The van der Waals surface area contributed by atoms with Gasteiger partial charge in [0.25, 0.3) is 0 Å². The molecule has 0 bridgehead atoms. The van der Waals surface area contributed by atoms with E-state index in [4.69, 9.17) is 4.74 Å². The Morgan fingerprint density at radius 3 is 2.74 bits per heavy atom. The second-order valence-electron chi connectivity index (χ2n) is 11.1. The summed E-state index contributed by atoms with van der Waals surface area (Å²) >= 11 is 0. The number of nitrogens with one attached hydrogen (secondary N) is 1. The summed E-state index contributed by atoms with van der Waals surface area (Å²) in [6, 6.07) is 11.5. The van der Waals surface area contributed by atoms with Crippen molar-refractivity contribution in [3.8, 4) is 0 Å². The molecule has 1 aliphatic heterocycles. The van der Waals surface area contributed by atoms with Gasteiger partial charge in [0.1, 0.15) is 11.6 Å². The number of likely N-dealkylation sites (tertiary alicyclic amines) is 1. The molecule has 202 valence electrons. The lowest BCUT2D eigenvalue weighted by molar-refractivity contribution is -0.140. The predicted molar refractivity (Wildman–Crippen MR) is 146 cm³/mol. The second kappa shape index (κ2) is 9.45. The number of hydrogen-bond donors (Lipinski definition) is 1. The minimum atomic E-state index is -1.03. The van der Waals surface area contributed by atoms with Crippen LogP contribution in [-0.4, -0.2) is 72.1 Å². The molecule has 2 amide bonds. The highest BCUT2D eigenvalue weighted by molar-refractivity contribution is 6.27. The molecule has 1 saturated heterocycles. The molecule has 1 aromatic heterocycles. The van der Waals surface area contributed by atoms with Gasteiger partial charge in [0, 0.05) is 29.6 Å². The van der Waals surface area contributed by atoms with Gasteiger partial charge in [-0.25, -0.2) is 4.79 Å². The number of likely N-dealkylation sites (N-methyl/N-ethyl adjacent to an activating group) is 1. The number of hydrogen-bond acceptors (Lipinski definition) is 6. The number of aromatic nitrogens is 1. The number of H-pyrrole nitrogens is 1. The number of carbonyl (C=O) groups is 4. The van der Waals surface area contributed by atoms with Crippen LogP contribution in [0.25, 0.3) is 10.9 Å². The molecule has 2 unspecified atom stereocenters. The molecular formula is C31H33N3O5. The summed E-state index contributed by atoms with van der Waals surface area (Å²) in [6.07, 6.45) is 3.28. The molecule has 3 aliphatic rings. The van der Waals surface area contributed by atoms with E-state index in [1.54, 1.807) is 13.0 Å². The van der Waals surface area contributed by atoms with Crippen LogP contribution in [0.4, 0.5) is 0 Å². The highest BCUT2D eigenvalue weighted by Gasteiger charge is 2.68. The molecule has 6 rings (SSSR count). The van der Waals surface area contributed by atoms with Crippen molar-refractivity contribution < 1.29 is 23.9 Å². The highest BCUT2D eigenvalue weighted by atomic mass is 16.5. The van der Waals surface area contributed by atoms with Crippen LogP contribution >= 0.6 is 0 Å². The smallest absolute Gasteiger partial charge is 0.355 e. The summed E-state index contributed by atoms with van der Waals surface area (Å²) in [4.78, 5) is 60.1. The number of ether oxygens (including phenoxy) is 1. The fourth-order valence-corrected chi connectivity index (χ4v) is 6.92. The lowest BCUT2D eigenvalue weighted by Gasteiger charge is -2.32. The first-order valence-electron chi connectivity index (χ1n) is 13.8. The van der Waals surface area contributed by atoms with Gasteiger partial charge in [-0.3, -0.25) is 19.3 Å². The van der Waals surface area contributed by atoms with Crippen LogP contribution in [0.5, 0.6) is 0 Å². The van der Waals surface area contributed by atoms with Gasteiger partial charge in [-0.1, -0.05) is 24.3 Å². The number of nitrogens with zero attached hydrogens (tertiary/aromatic N) is 2. The van der Waals surface area contributed by atoms with E-state index in [2.05, 4.69) is 9.88 Å². The van der Waals surface area contributed by atoms with Crippen molar-refractivity contribution in [1.82, 2.24) is 14.8 Å². The van der Waals surface area contributed by atoms with Gasteiger partial charge in [0.05, 0.1) is 12.0 Å². The van der Waals surface area contributed by atoms with E-state index in [1.165, 1.54) is 4.90 Å². The molecule has 2 heterocycles. The summed E-state index contributed by atoms with van der Waals surface area (Å²) < 4.78 is 5.28. The quantitative estimate of drug-likeness (QED) is 0.274. The number of benzene rings is 2. The summed E-state index contributed by atoms with van der Waals surface area (Å²) in [7, 11) is 3.98. The number of amides is 2. The molecule has 2 aromatic carbocycles.